The normalized spacial score (nSPS) is 11.2. The van der Waals surface area contributed by atoms with Crippen LogP contribution in [0.3, 0.4) is 0 Å². The first kappa shape index (κ1) is 20.9. The van der Waals surface area contributed by atoms with E-state index in [0.717, 1.165) is 16.9 Å². The number of thiazole rings is 1. The minimum absolute atomic E-state index is 0.000134. The van der Waals surface area contributed by atoms with Gasteiger partial charge in [-0.15, -0.1) is 0 Å². The van der Waals surface area contributed by atoms with Crippen molar-refractivity contribution in [1.82, 2.24) is 10.3 Å². The van der Waals surface area contributed by atoms with Gasteiger partial charge in [0.1, 0.15) is 4.34 Å². The van der Waals surface area contributed by atoms with E-state index in [-0.39, 0.29) is 22.5 Å². The summed E-state index contributed by atoms with van der Waals surface area (Å²) in [5, 5.41) is 3.73. The van der Waals surface area contributed by atoms with E-state index in [9.17, 15) is 13.2 Å². The summed E-state index contributed by atoms with van der Waals surface area (Å²) in [7, 11) is -3.83. The lowest BCUT2D eigenvalue weighted by Crippen LogP contribution is -2.23. The molecule has 1 heterocycles. The second-order valence-corrected chi connectivity index (χ2v) is 9.69. The van der Waals surface area contributed by atoms with Crippen LogP contribution in [0.5, 0.6) is 0 Å². The smallest absolute Gasteiger partial charge is 0.263 e. The summed E-state index contributed by atoms with van der Waals surface area (Å²) < 4.78 is 27.4. The zero-order chi connectivity index (χ0) is 20.3. The molecule has 0 aliphatic carbocycles. The largest absolute Gasteiger partial charge is 0.348 e. The summed E-state index contributed by atoms with van der Waals surface area (Å²) >= 11 is 18.6. The molecule has 3 rings (SSSR count). The Hall–Kier alpha value is -1.84. The average Bonchev–Trinajstić information content (AvgIpc) is 3.06. The lowest BCUT2D eigenvalue weighted by atomic mass is 10.2. The standard InChI is InChI=1S/C17H12Cl3N3O3S2/c18-13-6-1-10(7-14(13)19)8-21-16(24)11-2-4-12(5-3-11)28(25,26)23-17-22-9-15(20)27-17/h1-7,9H,8H2,(H,21,24)(H,22,23). The van der Waals surface area contributed by atoms with Crippen molar-refractivity contribution in [3.8, 4) is 0 Å². The van der Waals surface area contributed by atoms with Gasteiger partial charge in [0.15, 0.2) is 5.13 Å². The third-order valence-electron chi connectivity index (χ3n) is 3.56. The predicted molar refractivity (Wildman–Crippen MR) is 112 cm³/mol. The molecule has 2 N–H and O–H groups in total. The Bertz CT molecular complexity index is 1120. The maximum absolute atomic E-state index is 12.4. The number of nitrogens with one attached hydrogen (secondary N) is 2. The summed E-state index contributed by atoms with van der Waals surface area (Å²) in [6.45, 7) is 0.252. The van der Waals surface area contributed by atoms with Crippen molar-refractivity contribution in [2.45, 2.75) is 11.4 Å². The lowest BCUT2D eigenvalue weighted by Gasteiger charge is -2.08. The van der Waals surface area contributed by atoms with Crippen molar-refractivity contribution in [3.63, 3.8) is 0 Å². The van der Waals surface area contributed by atoms with Gasteiger partial charge < -0.3 is 5.32 Å². The molecule has 0 saturated carbocycles. The molecule has 28 heavy (non-hydrogen) atoms. The first-order valence-electron chi connectivity index (χ1n) is 7.71. The Labute approximate surface area is 180 Å². The van der Waals surface area contributed by atoms with E-state index in [1.165, 1.54) is 30.5 Å². The van der Waals surface area contributed by atoms with Gasteiger partial charge in [0, 0.05) is 12.1 Å². The Morgan fingerprint density at radius 2 is 1.75 bits per heavy atom. The molecule has 0 aliphatic rings. The molecule has 0 fully saturated rings. The summed E-state index contributed by atoms with van der Waals surface area (Å²) in [6, 6.07) is 10.6. The molecule has 0 radical (unpaired) electrons. The van der Waals surface area contributed by atoms with E-state index >= 15 is 0 Å². The number of anilines is 1. The van der Waals surface area contributed by atoms with Crippen LogP contribution in [0.25, 0.3) is 0 Å². The molecule has 146 valence electrons. The van der Waals surface area contributed by atoms with Gasteiger partial charge in [-0.05, 0) is 42.0 Å². The van der Waals surface area contributed by atoms with Crippen molar-refractivity contribution in [1.29, 1.82) is 0 Å². The van der Waals surface area contributed by atoms with Crippen LogP contribution in [-0.4, -0.2) is 19.3 Å². The van der Waals surface area contributed by atoms with Gasteiger partial charge in [-0.2, -0.15) is 0 Å². The van der Waals surface area contributed by atoms with E-state index in [0.29, 0.717) is 19.9 Å². The molecule has 6 nitrogen and oxygen atoms in total. The molecule has 0 spiro atoms. The van der Waals surface area contributed by atoms with Crippen molar-refractivity contribution in [2.24, 2.45) is 0 Å². The summed E-state index contributed by atoms with van der Waals surface area (Å²) in [6.07, 6.45) is 1.35. The summed E-state index contributed by atoms with van der Waals surface area (Å²) in [4.78, 5) is 16.1. The summed E-state index contributed by atoms with van der Waals surface area (Å²) in [5.74, 6) is -0.352. The number of carbonyl (C=O) groups is 1. The van der Waals surface area contributed by atoms with Gasteiger partial charge >= 0.3 is 0 Å². The molecule has 1 amide bonds. The Morgan fingerprint density at radius 3 is 2.36 bits per heavy atom. The van der Waals surface area contributed by atoms with Gasteiger partial charge in [-0.1, -0.05) is 52.2 Å². The van der Waals surface area contributed by atoms with Crippen LogP contribution in [0, 0.1) is 0 Å². The van der Waals surface area contributed by atoms with Crippen LogP contribution >= 0.6 is 46.1 Å². The average molecular weight is 477 g/mol. The maximum atomic E-state index is 12.4. The second-order valence-electron chi connectivity index (χ2n) is 5.53. The van der Waals surface area contributed by atoms with Gasteiger partial charge in [0.05, 0.1) is 21.1 Å². The maximum Gasteiger partial charge on any atom is 0.263 e. The number of rotatable bonds is 6. The molecular weight excluding hydrogens is 465 g/mol. The Balaban J connectivity index is 1.65. The molecule has 0 bridgehead atoms. The zero-order valence-electron chi connectivity index (χ0n) is 13.9. The van der Waals surface area contributed by atoms with Crippen LogP contribution in [0.2, 0.25) is 14.4 Å². The Kier molecular flexibility index (Phi) is 6.47. The lowest BCUT2D eigenvalue weighted by molar-refractivity contribution is 0.0951. The molecule has 3 aromatic rings. The number of nitrogens with zero attached hydrogens (tertiary/aromatic N) is 1. The molecule has 0 aliphatic heterocycles. The number of halogens is 3. The van der Waals surface area contributed by atoms with Crippen LogP contribution in [0.4, 0.5) is 5.13 Å². The van der Waals surface area contributed by atoms with E-state index in [2.05, 4.69) is 15.0 Å². The van der Waals surface area contributed by atoms with E-state index in [4.69, 9.17) is 34.8 Å². The highest BCUT2D eigenvalue weighted by Crippen LogP contribution is 2.25. The number of amides is 1. The van der Waals surface area contributed by atoms with Gasteiger partial charge in [0.25, 0.3) is 15.9 Å². The first-order chi connectivity index (χ1) is 13.2. The Morgan fingerprint density at radius 1 is 1.04 bits per heavy atom. The fraction of sp³-hybridized carbons (Fsp3) is 0.0588. The number of sulfonamides is 1. The zero-order valence-corrected chi connectivity index (χ0v) is 17.8. The first-order valence-corrected chi connectivity index (χ1v) is 11.1. The molecule has 0 atom stereocenters. The number of carbonyl (C=O) groups excluding carboxylic acids is 1. The van der Waals surface area contributed by atoms with Crippen molar-refractivity contribution in [2.75, 3.05) is 4.72 Å². The second kappa shape index (κ2) is 8.67. The fourth-order valence-corrected chi connectivity index (χ4v) is 4.57. The topological polar surface area (TPSA) is 88.2 Å². The predicted octanol–water partition coefficient (Wildman–Crippen LogP) is 4.83. The number of hydrogen-bond donors (Lipinski definition) is 2. The molecule has 2 aromatic carbocycles. The number of aromatic nitrogens is 1. The third-order valence-corrected chi connectivity index (χ3v) is 6.82. The third kappa shape index (κ3) is 5.15. The van der Waals surface area contributed by atoms with Gasteiger partial charge in [0.2, 0.25) is 0 Å². The number of benzene rings is 2. The van der Waals surface area contributed by atoms with Crippen LogP contribution in [-0.2, 0) is 16.6 Å². The molecule has 0 saturated heterocycles. The van der Waals surface area contributed by atoms with Crippen LogP contribution in [0.15, 0.2) is 53.6 Å². The summed E-state index contributed by atoms with van der Waals surface area (Å²) in [5.41, 5.74) is 1.10. The van der Waals surface area contributed by atoms with Gasteiger partial charge in [-0.25, -0.2) is 13.4 Å². The number of hydrogen-bond acceptors (Lipinski definition) is 5. The highest BCUT2D eigenvalue weighted by Gasteiger charge is 2.17. The van der Waals surface area contributed by atoms with Crippen LogP contribution in [0.1, 0.15) is 15.9 Å². The molecule has 11 heteroatoms. The molecular formula is C17H12Cl3N3O3S2. The molecule has 1 aromatic heterocycles. The van der Waals surface area contributed by atoms with Crippen molar-refractivity contribution < 1.29 is 13.2 Å². The van der Waals surface area contributed by atoms with Gasteiger partial charge in [-0.3, -0.25) is 9.52 Å². The fourth-order valence-electron chi connectivity index (χ4n) is 2.19. The highest BCUT2D eigenvalue weighted by molar-refractivity contribution is 7.93. The SMILES string of the molecule is O=C(NCc1ccc(Cl)c(Cl)c1)c1ccc(S(=O)(=O)Nc2ncc(Cl)s2)cc1. The quantitative estimate of drug-likeness (QED) is 0.533. The molecule has 0 unspecified atom stereocenters. The van der Waals surface area contributed by atoms with E-state index < -0.39 is 10.0 Å². The van der Waals surface area contributed by atoms with E-state index in [1.54, 1.807) is 18.2 Å². The van der Waals surface area contributed by atoms with Crippen LogP contribution < -0.4 is 10.0 Å². The monoisotopic (exact) mass is 475 g/mol. The van der Waals surface area contributed by atoms with Crippen molar-refractivity contribution >= 4 is 67.2 Å². The minimum Gasteiger partial charge on any atom is -0.348 e. The van der Waals surface area contributed by atoms with Crippen molar-refractivity contribution in [3.05, 3.63) is 74.2 Å². The minimum atomic E-state index is -3.83. The van der Waals surface area contributed by atoms with E-state index in [1.807, 2.05) is 0 Å². The highest BCUT2D eigenvalue weighted by atomic mass is 35.5.